The van der Waals surface area contributed by atoms with Crippen molar-refractivity contribution in [2.45, 2.75) is 18.9 Å². The molecule has 14 heavy (non-hydrogen) atoms. The van der Waals surface area contributed by atoms with Crippen molar-refractivity contribution in [2.75, 3.05) is 33.2 Å². The zero-order valence-electron chi connectivity index (χ0n) is 8.78. The van der Waals surface area contributed by atoms with Gasteiger partial charge in [-0.3, -0.25) is 0 Å². The number of urea groups is 1. The van der Waals surface area contributed by atoms with Gasteiger partial charge in [0.05, 0.1) is 0 Å². The molecule has 0 radical (unpaired) electrons. The second-order valence-corrected chi connectivity index (χ2v) is 3.83. The van der Waals surface area contributed by atoms with Gasteiger partial charge in [0.25, 0.3) is 0 Å². The molecule has 0 aliphatic carbocycles. The van der Waals surface area contributed by atoms with E-state index in [1.807, 2.05) is 0 Å². The summed E-state index contributed by atoms with van der Waals surface area (Å²) in [5.41, 5.74) is 10.7. The van der Waals surface area contributed by atoms with Crippen LogP contribution in [-0.2, 0) is 0 Å². The Morgan fingerprint density at radius 2 is 2.07 bits per heavy atom. The number of nitrogens with two attached hydrogens (primary N) is 2. The molecule has 1 fully saturated rings. The van der Waals surface area contributed by atoms with E-state index < -0.39 is 0 Å². The van der Waals surface area contributed by atoms with Gasteiger partial charge in [0, 0.05) is 32.2 Å². The minimum absolute atomic E-state index is 0.301. The van der Waals surface area contributed by atoms with Gasteiger partial charge in [-0.05, 0) is 19.9 Å². The fourth-order valence-corrected chi connectivity index (χ4v) is 1.91. The van der Waals surface area contributed by atoms with E-state index in [2.05, 4.69) is 11.9 Å². The van der Waals surface area contributed by atoms with Gasteiger partial charge in [-0.25, -0.2) is 4.79 Å². The molecular weight excluding hydrogens is 180 g/mol. The molecular formula is C9H20N4O. The minimum atomic E-state index is -0.301. The first-order chi connectivity index (χ1) is 6.65. The second kappa shape index (κ2) is 5.17. The Bertz CT molecular complexity index is 189. The summed E-state index contributed by atoms with van der Waals surface area (Å²) in [6.07, 6.45) is 2.00. The molecule has 1 aliphatic rings. The van der Waals surface area contributed by atoms with Gasteiger partial charge in [0.15, 0.2) is 0 Å². The average molecular weight is 200 g/mol. The first kappa shape index (κ1) is 11.3. The Kier molecular flexibility index (Phi) is 4.16. The summed E-state index contributed by atoms with van der Waals surface area (Å²) in [4.78, 5) is 14.8. The van der Waals surface area contributed by atoms with Crippen LogP contribution in [0.2, 0.25) is 0 Å². The van der Waals surface area contributed by atoms with Gasteiger partial charge < -0.3 is 21.3 Å². The molecule has 5 nitrogen and oxygen atoms in total. The van der Waals surface area contributed by atoms with Gasteiger partial charge in [0.1, 0.15) is 0 Å². The summed E-state index contributed by atoms with van der Waals surface area (Å²) in [5, 5.41) is 0. The second-order valence-electron chi connectivity index (χ2n) is 3.83. The molecule has 1 saturated heterocycles. The van der Waals surface area contributed by atoms with Crippen molar-refractivity contribution in [3.63, 3.8) is 0 Å². The molecule has 1 aliphatic heterocycles. The van der Waals surface area contributed by atoms with Crippen LogP contribution in [0.3, 0.4) is 0 Å². The third-order valence-electron chi connectivity index (χ3n) is 2.88. The largest absolute Gasteiger partial charge is 0.351 e. The summed E-state index contributed by atoms with van der Waals surface area (Å²) in [5.74, 6) is 0. The maximum absolute atomic E-state index is 10.9. The van der Waals surface area contributed by atoms with Crippen LogP contribution >= 0.6 is 0 Å². The number of rotatable bonds is 3. The van der Waals surface area contributed by atoms with Crippen molar-refractivity contribution in [3.8, 4) is 0 Å². The molecule has 1 rings (SSSR count). The lowest BCUT2D eigenvalue weighted by Gasteiger charge is -2.35. The van der Waals surface area contributed by atoms with Crippen molar-refractivity contribution < 1.29 is 4.79 Å². The van der Waals surface area contributed by atoms with E-state index >= 15 is 0 Å². The maximum Gasteiger partial charge on any atom is 0.314 e. The lowest BCUT2D eigenvalue weighted by Crippen LogP contribution is -2.48. The third kappa shape index (κ3) is 2.85. The predicted octanol–water partition coefficient (Wildman–Crippen LogP) is -0.580. The van der Waals surface area contributed by atoms with Gasteiger partial charge in [-0.15, -0.1) is 0 Å². The normalized spacial score (nSPS) is 18.9. The SMILES string of the molecule is CN(CCN)C1CCN(C(N)=O)CC1. The standard InChI is InChI=1S/C9H20N4O/c1-12(7-4-10)8-2-5-13(6-3-8)9(11)14/h8H,2-7,10H2,1H3,(H2,11,14). The van der Waals surface area contributed by atoms with Gasteiger partial charge >= 0.3 is 6.03 Å². The van der Waals surface area contributed by atoms with E-state index in [1.165, 1.54) is 0 Å². The monoisotopic (exact) mass is 200 g/mol. The number of hydrogen-bond acceptors (Lipinski definition) is 3. The minimum Gasteiger partial charge on any atom is -0.351 e. The topological polar surface area (TPSA) is 75.6 Å². The molecule has 0 spiro atoms. The Morgan fingerprint density at radius 1 is 1.50 bits per heavy atom. The molecule has 0 bridgehead atoms. The Labute approximate surface area is 85.0 Å². The fourth-order valence-electron chi connectivity index (χ4n) is 1.91. The molecule has 2 amide bonds. The van der Waals surface area contributed by atoms with Crippen molar-refractivity contribution in [2.24, 2.45) is 11.5 Å². The molecule has 0 unspecified atom stereocenters. The van der Waals surface area contributed by atoms with Crippen molar-refractivity contribution in [1.29, 1.82) is 0 Å². The number of carbonyl (C=O) groups excluding carboxylic acids is 1. The molecule has 1 heterocycles. The number of primary amides is 1. The number of nitrogens with zero attached hydrogens (tertiary/aromatic N) is 2. The van der Waals surface area contributed by atoms with Crippen LogP contribution in [0, 0.1) is 0 Å². The summed E-state index contributed by atoms with van der Waals surface area (Å²) >= 11 is 0. The van der Waals surface area contributed by atoms with Crippen LogP contribution in [0.4, 0.5) is 4.79 Å². The smallest absolute Gasteiger partial charge is 0.314 e. The quantitative estimate of drug-likeness (QED) is 0.640. The molecule has 4 N–H and O–H groups in total. The molecule has 0 saturated carbocycles. The number of likely N-dealkylation sites (N-methyl/N-ethyl adjacent to an activating group) is 1. The van der Waals surface area contributed by atoms with E-state index in [4.69, 9.17) is 11.5 Å². The fraction of sp³-hybridized carbons (Fsp3) is 0.889. The lowest BCUT2D eigenvalue weighted by molar-refractivity contribution is 0.141. The van der Waals surface area contributed by atoms with Crippen LogP contribution < -0.4 is 11.5 Å². The molecule has 0 atom stereocenters. The molecule has 0 aromatic carbocycles. The Hall–Kier alpha value is -0.810. The van der Waals surface area contributed by atoms with E-state index in [1.54, 1.807) is 4.90 Å². The van der Waals surface area contributed by atoms with E-state index in [0.29, 0.717) is 12.6 Å². The maximum atomic E-state index is 10.9. The highest BCUT2D eigenvalue weighted by atomic mass is 16.2. The molecule has 82 valence electrons. The highest BCUT2D eigenvalue weighted by Gasteiger charge is 2.23. The summed E-state index contributed by atoms with van der Waals surface area (Å²) in [7, 11) is 2.08. The van der Waals surface area contributed by atoms with Crippen molar-refractivity contribution in [3.05, 3.63) is 0 Å². The Balaban J connectivity index is 2.31. The summed E-state index contributed by atoms with van der Waals surface area (Å²) in [6, 6.07) is 0.249. The van der Waals surface area contributed by atoms with Crippen LogP contribution in [0.5, 0.6) is 0 Å². The van der Waals surface area contributed by atoms with Gasteiger partial charge in [-0.1, -0.05) is 0 Å². The number of carbonyl (C=O) groups is 1. The first-order valence-corrected chi connectivity index (χ1v) is 5.10. The van der Waals surface area contributed by atoms with E-state index in [-0.39, 0.29) is 6.03 Å². The molecule has 0 aromatic heterocycles. The van der Waals surface area contributed by atoms with Crippen molar-refractivity contribution >= 4 is 6.03 Å². The van der Waals surface area contributed by atoms with Crippen LogP contribution in [0.1, 0.15) is 12.8 Å². The highest BCUT2D eigenvalue weighted by Crippen LogP contribution is 2.14. The number of likely N-dealkylation sites (tertiary alicyclic amines) is 1. The van der Waals surface area contributed by atoms with E-state index in [9.17, 15) is 4.79 Å². The van der Waals surface area contributed by atoms with Crippen LogP contribution in [-0.4, -0.2) is 55.1 Å². The van der Waals surface area contributed by atoms with Crippen molar-refractivity contribution in [1.82, 2.24) is 9.80 Å². The lowest BCUT2D eigenvalue weighted by atomic mass is 10.0. The predicted molar refractivity (Wildman–Crippen MR) is 55.9 cm³/mol. The van der Waals surface area contributed by atoms with E-state index in [0.717, 1.165) is 32.5 Å². The third-order valence-corrected chi connectivity index (χ3v) is 2.88. The Morgan fingerprint density at radius 3 is 2.50 bits per heavy atom. The number of hydrogen-bond donors (Lipinski definition) is 2. The average Bonchev–Trinajstić information content (AvgIpc) is 2.18. The van der Waals surface area contributed by atoms with Crippen LogP contribution in [0.25, 0.3) is 0 Å². The zero-order valence-corrected chi connectivity index (χ0v) is 8.78. The molecule has 5 heteroatoms. The summed E-state index contributed by atoms with van der Waals surface area (Å²) < 4.78 is 0. The first-order valence-electron chi connectivity index (χ1n) is 5.10. The zero-order chi connectivity index (χ0) is 10.6. The number of piperidine rings is 1. The summed E-state index contributed by atoms with van der Waals surface area (Å²) in [6.45, 7) is 3.15. The highest BCUT2D eigenvalue weighted by molar-refractivity contribution is 5.72. The van der Waals surface area contributed by atoms with Gasteiger partial charge in [0.2, 0.25) is 0 Å². The molecule has 0 aromatic rings. The van der Waals surface area contributed by atoms with Crippen LogP contribution in [0.15, 0.2) is 0 Å². The van der Waals surface area contributed by atoms with Gasteiger partial charge in [-0.2, -0.15) is 0 Å². The number of amides is 2.